The van der Waals surface area contributed by atoms with E-state index in [-0.39, 0.29) is 25.4 Å². The fraction of sp³-hybridized carbons (Fsp3) is 0.312. The average molecular weight is 573 g/mol. The number of ether oxygens (including phenoxy) is 2. The zero-order chi connectivity index (χ0) is 30.4. The van der Waals surface area contributed by atoms with Crippen molar-refractivity contribution >= 4 is 35.4 Å². The number of esters is 1. The molecule has 1 aliphatic rings. The van der Waals surface area contributed by atoms with Gasteiger partial charge in [0, 0.05) is 18.8 Å². The van der Waals surface area contributed by atoms with E-state index in [1.54, 1.807) is 74.2 Å². The lowest BCUT2D eigenvalue weighted by atomic mass is 10.1. The van der Waals surface area contributed by atoms with Crippen molar-refractivity contribution in [3.05, 3.63) is 89.5 Å². The Balaban J connectivity index is 1.53. The van der Waals surface area contributed by atoms with E-state index in [0.717, 1.165) is 11.1 Å². The summed E-state index contributed by atoms with van der Waals surface area (Å²) in [4.78, 5) is 54.5. The van der Waals surface area contributed by atoms with Crippen molar-refractivity contribution in [2.24, 2.45) is 5.73 Å². The molecule has 1 unspecified atom stereocenters. The normalized spacial score (nSPS) is 15.0. The maximum Gasteiger partial charge on any atom is 0.407 e. The molecule has 0 aliphatic carbocycles. The molecule has 3 aromatic carbocycles. The quantitative estimate of drug-likeness (QED) is 0.296. The molecule has 1 atom stereocenters. The Morgan fingerprint density at radius 3 is 2.24 bits per heavy atom. The maximum absolute atomic E-state index is 13.8. The van der Waals surface area contributed by atoms with Gasteiger partial charge in [0.05, 0.1) is 23.7 Å². The Morgan fingerprint density at radius 1 is 0.952 bits per heavy atom. The van der Waals surface area contributed by atoms with E-state index in [4.69, 9.17) is 15.2 Å². The van der Waals surface area contributed by atoms with Crippen LogP contribution in [0.1, 0.15) is 55.6 Å². The molecule has 1 aliphatic heterocycles. The zero-order valence-electron chi connectivity index (χ0n) is 24.3. The Labute approximate surface area is 245 Å². The molecule has 4 amide bonds. The molecule has 220 valence electrons. The van der Waals surface area contributed by atoms with E-state index >= 15 is 0 Å². The van der Waals surface area contributed by atoms with Gasteiger partial charge in [0.25, 0.3) is 5.91 Å². The summed E-state index contributed by atoms with van der Waals surface area (Å²) in [7, 11) is 0. The summed E-state index contributed by atoms with van der Waals surface area (Å²) in [5, 5.41) is 2.68. The molecule has 0 radical (unpaired) electrons. The second-order valence-electron chi connectivity index (χ2n) is 11.0. The minimum absolute atomic E-state index is 0.0395. The van der Waals surface area contributed by atoms with E-state index in [1.807, 2.05) is 31.2 Å². The number of nitrogens with one attached hydrogen (secondary N) is 1. The van der Waals surface area contributed by atoms with E-state index in [2.05, 4.69) is 5.32 Å². The minimum atomic E-state index is -0.787. The van der Waals surface area contributed by atoms with Crippen LogP contribution in [0.15, 0.2) is 72.8 Å². The molecule has 1 heterocycles. The van der Waals surface area contributed by atoms with Crippen LogP contribution in [0, 0.1) is 0 Å². The number of carbonyl (C=O) groups excluding carboxylic acids is 4. The number of fused-ring (bicyclic) bond motifs is 1. The van der Waals surface area contributed by atoms with E-state index in [9.17, 15) is 19.2 Å². The van der Waals surface area contributed by atoms with Gasteiger partial charge in [-0.05, 0) is 68.7 Å². The molecule has 4 rings (SSSR count). The van der Waals surface area contributed by atoms with Crippen LogP contribution in [0.3, 0.4) is 0 Å². The smallest absolute Gasteiger partial charge is 0.407 e. The van der Waals surface area contributed by atoms with Crippen molar-refractivity contribution in [2.45, 2.75) is 58.7 Å². The van der Waals surface area contributed by atoms with E-state index in [0.29, 0.717) is 29.1 Å². The first-order valence-electron chi connectivity index (χ1n) is 13.8. The summed E-state index contributed by atoms with van der Waals surface area (Å²) >= 11 is 0. The van der Waals surface area contributed by atoms with Crippen LogP contribution < -0.4 is 25.6 Å². The highest BCUT2D eigenvalue weighted by molar-refractivity contribution is 6.13. The van der Waals surface area contributed by atoms with Gasteiger partial charge >= 0.3 is 18.1 Å². The van der Waals surface area contributed by atoms with Crippen molar-refractivity contribution in [1.29, 1.82) is 0 Å². The third-order valence-electron chi connectivity index (χ3n) is 6.69. The van der Waals surface area contributed by atoms with Gasteiger partial charge in [-0.2, -0.15) is 0 Å². The molecule has 3 aromatic rings. The first-order chi connectivity index (χ1) is 20.0. The monoisotopic (exact) mass is 572 g/mol. The highest BCUT2D eigenvalue weighted by Crippen LogP contribution is 2.33. The topological polar surface area (TPSA) is 131 Å². The molecule has 42 heavy (non-hydrogen) atoms. The van der Waals surface area contributed by atoms with Gasteiger partial charge in [0.2, 0.25) is 0 Å². The number of alkyl carbamates (subject to hydrolysis) is 1. The zero-order valence-corrected chi connectivity index (χ0v) is 24.3. The van der Waals surface area contributed by atoms with Gasteiger partial charge in [-0.15, -0.1) is 0 Å². The van der Waals surface area contributed by atoms with Crippen LogP contribution in [0.2, 0.25) is 0 Å². The Kier molecular flexibility index (Phi) is 9.15. The maximum atomic E-state index is 13.8. The van der Waals surface area contributed by atoms with Crippen LogP contribution >= 0.6 is 0 Å². The van der Waals surface area contributed by atoms with Crippen molar-refractivity contribution in [3.63, 3.8) is 0 Å². The van der Waals surface area contributed by atoms with Gasteiger partial charge in [0.1, 0.15) is 11.4 Å². The first-order valence-corrected chi connectivity index (χ1v) is 13.8. The number of anilines is 2. The number of carbonyl (C=O) groups is 4. The van der Waals surface area contributed by atoms with Gasteiger partial charge in [-0.25, -0.2) is 9.59 Å². The second kappa shape index (κ2) is 12.8. The predicted octanol–water partition coefficient (Wildman–Crippen LogP) is 5.18. The van der Waals surface area contributed by atoms with Gasteiger partial charge in [-0.1, -0.05) is 49.4 Å². The number of aryl methyl sites for hydroxylation is 1. The summed E-state index contributed by atoms with van der Waals surface area (Å²) in [5.41, 5.74) is 8.32. The van der Waals surface area contributed by atoms with Crippen molar-refractivity contribution in [3.8, 4) is 5.75 Å². The number of nitrogens with two attached hydrogens (primary N) is 1. The molecule has 0 saturated carbocycles. The lowest BCUT2D eigenvalue weighted by Crippen LogP contribution is -2.49. The molecule has 10 heteroatoms. The molecule has 0 fully saturated rings. The highest BCUT2D eigenvalue weighted by atomic mass is 16.6. The molecule has 0 saturated heterocycles. The molecular formula is C32H36N4O6. The van der Waals surface area contributed by atoms with Crippen LogP contribution in [0.25, 0.3) is 0 Å². The summed E-state index contributed by atoms with van der Waals surface area (Å²) < 4.78 is 10.8. The summed E-state index contributed by atoms with van der Waals surface area (Å²) in [6.45, 7) is 7.63. The van der Waals surface area contributed by atoms with Crippen molar-refractivity contribution < 1.29 is 28.7 Å². The lowest BCUT2D eigenvalue weighted by Gasteiger charge is -2.31. The van der Waals surface area contributed by atoms with Crippen LogP contribution in [-0.4, -0.2) is 42.2 Å². The molecule has 10 nitrogen and oxygen atoms in total. The Morgan fingerprint density at radius 2 is 1.60 bits per heavy atom. The van der Waals surface area contributed by atoms with Crippen molar-refractivity contribution in [1.82, 2.24) is 5.32 Å². The average Bonchev–Trinajstić information content (AvgIpc) is 3.06. The summed E-state index contributed by atoms with van der Waals surface area (Å²) in [5.74, 6) is -0.587. The standard InChI is InChI=1S/C32H36N4O6/c1-5-22-10-6-8-12-26(22)35-20-23(36(30(33)39)27-13-9-7-11-25(27)29(35)38)18-28(37)41-24-16-14-21(15-17-24)19-34-31(40)42-32(2,3)4/h6-17,23H,5,18-20H2,1-4H3,(H2,33,39)(H,34,40). The molecule has 0 aromatic heterocycles. The molecular weight excluding hydrogens is 536 g/mol. The predicted molar refractivity (Wildman–Crippen MR) is 160 cm³/mol. The molecule has 3 N–H and O–H groups in total. The van der Waals surface area contributed by atoms with Crippen LogP contribution in [0.4, 0.5) is 21.0 Å². The van der Waals surface area contributed by atoms with E-state index in [1.165, 1.54) is 4.90 Å². The second-order valence-corrected chi connectivity index (χ2v) is 11.0. The van der Waals surface area contributed by atoms with Gasteiger partial charge < -0.3 is 25.4 Å². The third kappa shape index (κ3) is 7.25. The fourth-order valence-corrected chi connectivity index (χ4v) is 4.85. The minimum Gasteiger partial charge on any atom is -0.444 e. The number of hydrogen-bond donors (Lipinski definition) is 2. The number of primary amides is 1. The number of nitrogens with zero attached hydrogens (tertiary/aromatic N) is 2. The van der Waals surface area contributed by atoms with E-state index < -0.39 is 29.7 Å². The largest absolute Gasteiger partial charge is 0.444 e. The highest BCUT2D eigenvalue weighted by Gasteiger charge is 2.37. The van der Waals surface area contributed by atoms with Gasteiger partial charge in [-0.3, -0.25) is 14.5 Å². The summed E-state index contributed by atoms with van der Waals surface area (Å²) in [6.07, 6.45) is -0.0508. The number of benzene rings is 3. The number of para-hydroxylation sites is 2. The van der Waals surface area contributed by atoms with Crippen molar-refractivity contribution in [2.75, 3.05) is 16.3 Å². The van der Waals surface area contributed by atoms with Crippen LogP contribution in [-0.2, 0) is 22.5 Å². The first kappa shape index (κ1) is 30.1. The van der Waals surface area contributed by atoms with Gasteiger partial charge in [0.15, 0.2) is 0 Å². The fourth-order valence-electron chi connectivity index (χ4n) is 4.85. The number of amides is 4. The lowest BCUT2D eigenvalue weighted by molar-refractivity contribution is -0.134. The number of rotatable bonds is 7. The molecule has 0 spiro atoms. The third-order valence-corrected chi connectivity index (χ3v) is 6.69. The number of hydrogen-bond acceptors (Lipinski definition) is 6. The Bertz CT molecular complexity index is 1460. The molecule has 0 bridgehead atoms. The number of urea groups is 1. The van der Waals surface area contributed by atoms with Crippen LogP contribution in [0.5, 0.6) is 5.75 Å². The SMILES string of the molecule is CCc1ccccc1N1CC(CC(=O)Oc2ccc(CNC(=O)OC(C)(C)C)cc2)N(C(N)=O)c2ccccc2C1=O. The Hall–Kier alpha value is -4.86. The summed E-state index contributed by atoms with van der Waals surface area (Å²) in [6, 6.07) is 19.4.